The Morgan fingerprint density at radius 3 is 2.47 bits per heavy atom. The third-order valence-corrected chi connectivity index (χ3v) is 7.87. The summed E-state index contributed by atoms with van der Waals surface area (Å²) in [5.41, 5.74) is 2.14. The zero-order valence-electron chi connectivity index (χ0n) is 17.7. The molecule has 1 aromatic carbocycles. The molecule has 4 heterocycles. The first kappa shape index (κ1) is 19.9. The monoisotopic (exact) mass is 426 g/mol. The number of fused-ring (bicyclic) bond motifs is 1. The van der Waals surface area contributed by atoms with Gasteiger partial charge in [0.05, 0.1) is 4.88 Å². The first-order chi connectivity index (χ1) is 14.7. The molecule has 0 aliphatic carbocycles. The molecule has 1 amide bonds. The predicted molar refractivity (Wildman–Crippen MR) is 120 cm³/mol. The Morgan fingerprint density at radius 1 is 0.967 bits per heavy atom. The van der Waals surface area contributed by atoms with E-state index in [9.17, 15) is 4.79 Å². The molecule has 0 radical (unpaired) electrons. The van der Waals surface area contributed by atoms with Crippen molar-refractivity contribution in [1.82, 2.24) is 9.80 Å². The van der Waals surface area contributed by atoms with Crippen molar-refractivity contribution in [1.29, 1.82) is 0 Å². The molecule has 2 aromatic rings. The Kier molecular flexibility index (Phi) is 5.70. The van der Waals surface area contributed by atoms with Crippen LogP contribution in [0.25, 0.3) is 10.4 Å². The smallest absolute Gasteiger partial charge is 0.264 e. The Morgan fingerprint density at radius 2 is 1.70 bits per heavy atom. The molecule has 6 heteroatoms. The van der Waals surface area contributed by atoms with Gasteiger partial charge >= 0.3 is 0 Å². The Balaban J connectivity index is 1.27. The van der Waals surface area contributed by atoms with Crippen molar-refractivity contribution in [2.45, 2.75) is 45.1 Å². The van der Waals surface area contributed by atoms with Crippen molar-refractivity contribution >= 4 is 17.2 Å². The number of nitrogens with zero attached hydrogens (tertiary/aromatic N) is 2. The summed E-state index contributed by atoms with van der Waals surface area (Å²) in [4.78, 5) is 20.0. The van der Waals surface area contributed by atoms with Crippen LogP contribution >= 0.6 is 11.3 Å². The second-order valence-electron chi connectivity index (χ2n) is 8.60. The number of carbonyl (C=O) groups excluding carboxylic acids is 1. The van der Waals surface area contributed by atoms with Crippen LogP contribution in [0.2, 0.25) is 0 Å². The van der Waals surface area contributed by atoms with E-state index in [1.165, 1.54) is 32.4 Å². The lowest BCUT2D eigenvalue weighted by Crippen LogP contribution is -2.48. The zero-order valence-corrected chi connectivity index (χ0v) is 18.5. The van der Waals surface area contributed by atoms with Crippen LogP contribution < -0.4 is 9.47 Å². The number of thiophene rings is 1. The number of ether oxygens (including phenoxy) is 2. The summed E-state index contributed by atoms with van der Waals surface area (Å²) in [6.07, 6.45) is 6.24. The maximum absolute atomic E-state index is 13.3. The van der Waals surface area contributed by atoms with Crippen molar-refractivity contribution in [3.8, 4) is 21.9 Å². The molecule has 5 rings (SSSR count). The lowest BCUT2D eigenvalue weighted by atomic mass is 9.99. The van der Waals surface area contributed by atoms with Gasteiger partial charge in [-0.3, -0.25) is 4.79 Å². The topological polar surface area (TPSA) is 42.0 Å². The van der Waals surface area contributed by atoms with Crippen molar-refractivity contribution < 1.29 is 14.3 Å². The summed E-state index contributed by atoms with van der Waals surface area (Å²) in [7, 11) is 0. The van der Waals surface area contributed by atoms with E-state index in [1.807, 2.05) is 19.1 Å². The number of carbonyl (C=O) groups is 1. The van der Waals surface area contributed by atoms with E-state index in [0.29, 0.717) is 19.3 Å². The van der Waals surface area contributed by atoms with Crippen molar-refractivity contribution in [2.24, 2.45) is 0 Å². The minimum absolute atomic E-state index is 0.193. The Labute approximate surface area is 182 Å². The number of aryl methyl sites for hydroxylation is 1. The van der Waals surface area contributed by atoms with Crippen LogP contribution in [0.15, 0.2) is 24.3 Å². The van der Waals surface area contributed by atoms with Gasteiger partial charge in [-0.2, -0.15) is 0 Å². The van der Waals surface area contributed by atoms with E-state index < -0.39 is 0 Å². The molecule has 0 spiro atoms. The lowest BCUT2D eigenvalue weighted by Gasteiger charge is -2.40. The van der Waals surface area contributed by atoms with E-state index >= 15 is 0 Å². The maximum atomic E-state index is 13.3. The molecule has 5 nitrogen and oxygen atoms in total. The second-order valence-corrected chi connectivity index (χ2v) is 9.65. The van der Waals surface area contributed by atoms with E-state index in [-0.39, 0.29) is 5.91 Å². The largest absolute Gasteiger partial charge is 0.486 e. The summed E-state index contributed by atoms with van der Waals surface area (Å²) in [6.45, 7) is 7.44. The lowest BCUT2D eigenvalue weighted by molar-refractivity contribution is 0.0593. The van der Waals surface area contributed by atoms with Crippen LogP contribution in [0.1, 0.15) is 47.3 Å². The minimum atomic E-state index is 0.193. The number of hydrogen-bond donors (Lipinski definition) is 0. The van der Waals surface area contributed by atoms with Crippen LogP contribution in [-0.2, 0) is 0 Å². The summed E-state index contributed by atoms with van der Waals surface area (Å²) in [6, 6.07) is 8.83. The number of amides is 1. The average molecular weight is 427 g/mol. The van der Waals surface area contributed by atoms with Gasteiger partial charge in [0.1, 0.15) is 13.2 Å². The van der Waals surface area contributed by atoms with Gasteiger partial charge in [0.15, 0.2) is 11.5 Å². The fourth-order valence-corrected chi connectivity index (χ4v) is 6.03. The molecule has 2 saturated heterocycles. The molecule has 1 aromatic heterocycles. The van der Waals surface area contributed by atoms with Gasteiger partial charge in [-0.05, 0) is 81.1 Å². The average Bonchev–Trinajstić information content (AvgIpc) is 3.20. The van der Waals surface area contributed by atoms with Gasteiger partial charge < -0.3 is 19.3 Å². The first-order valence-electron chi connectivity index (χ1n) is 11.2. The molecule has 0 unspecified atom stereocenters. The van der Waals surface area contributed by atoms with Gasteiger partial charge in [-0.1, -0.05) is 6.42 Å². The zero-order chi connectivity index (χ0) is 20.5. The molecule has 3 aliphatic heterocycles. The highest BCUT2D eigenvalue weighted by atomic mass is 32.1. The summed E-state index contributed by atoms with van der Waals surface area (Å²) < 4.78 is 11.4. The molecular formula is C24H30N2O3S. The molecule has 30 heavy (non-hydrogen) atoms. The van der Waals surface area contributed by atoms with Crippen molar-refractivity contribution in [2.75, 3.05) is 39.4 Å². The standard InChI is InChI=1S/C24H30N2O3S/c1-17-15-22(18-5-6-20-21(16-18)29-14-13-28-20)30-23(17)24(27)26-11-7-19(8-12-26)25-9-3-2-4-10-25/h5-6,15-16,19H,2-4,7-14H2,1H3. The summed E-state index contributed by atoms with van der Waals surface area (Å²) >= 11 is 1.60. The van der Waals surface area contributed by atoms with Gasteiger partial charge in [-0.15, -0.1) is 11.3 Å². The maximum Gasteiger partial charge on any atom is 0.264 e. The fourth-order valence-electron chi connectivity index (χ4n) is 4.89. The summed E-state index contributed by atoms with van der Waals surface area (Å²) in [5, 5.41) is 0. The highest BCUT2D eigenvalue weighted by Crippen LogP contribution is 2.38. The molecule has 0 N–H and O–H groups in total. The number of hydrogen-bond acceptors (Lipinski definition) is 5. The van der Waals surface area contributed by atoms with Gasteiger partial charge in [-0.25, -0.2) is 0 Å². The van der Waals surface area contributed by atoms with Gasteiger partial charge in [0.2, 0.25) is 0 Å². The second kappa shape index (κ2) is 8.60. The fraction of sp³-hybridized carbons (Fsp3) is 0.542. The third kappa shape index (κ3) is 3.95. The van der Waals surface area contributed by atoms with E-state index in [4.69, 9.17) is 9.47 Å². The molecule has 0 atom stereocenters. The van der Waals surface area contributed by atoms with Crippen LogP contribution in [0.5, 0.6) is 11.5 Å². The molecule has 0 bridgehead atoms. The highest BCUT2D eigenvalue weighted by molar-refractivity contribution is 7.17. The number of piperidine rings is 2. The van der Waals surface area contributed by atoms with Crippen LogP contribution in [0.3, 0.4) is 0 Å². The first-order valence-corrected chi connectivity index (χ1v) is 12.0. The normalized spacial score (nSPS) is 20.4. The quantitative estimate of drug-likeness (QED) is 0.720. The number of benzene rings is 1. The van der Waals surface area contributed by atoms with E-state index in [1.54, 1.807) is 11.3 Å². The molecule has 0 saturated carbocycles. The Hall–Kier alpha value is -2.05. The molecule has 3 aliphatic rings. The number of likely N-dealkylation sites (tertiary alicyclic amines) is 2. The molecular weight excluding hydrogens is 396 g/mol. The van der Waals surface area contributed by atoms with Gasteiger partial charge in [0.25, 0.3) is 5.91 Å². The van der Waals surface area contributed by atoms with Gasteiger partial charge in [0, 0.05) is 24.0 Å². The van der Waals surface area contributed by atoms with Crippen molar-refractivity contribution in [3.05, 3.63) is 34.7 Å². The minimum Gasteiger partial charge on any atom is -0.486 e. The van der Waals surface area contributed by atoms with Crippen LogP contribution in [0.4, 0.5) is 0 Å². The third-order valence-electron chi connectivity index (χ3n) is 6.60. The van der Waals surface area contributed by atoms with Crippen LogP contribution in [-0.4, -0.2) is 61.1 Å². The van der Waals surface area contributed by atoms with E-state index in [2.05, 4.69) is 21.9 Å². The molecule has 160 valence electrons. The summed E-state index contributed by atoms with van der Waals surface area (Å²) in [5.74, 6) is 1.78. The molecule has 2 fully saturated rings. The number of rotatable bonds is 3. The van der Waals surface area contributed by atoms with Crippen molar-refractivity contribution in [3.63, 3.8) is 0 Å². The highest BCUT2D eigenvalue weighted by Gasteiger charge is 2.29. The Bertz CT molecular complexity index is 911. The predicted octanol–water partition coefficient (Wildman–Crippen LogP) is 4.59. The SMILES string of the molecule is Cc1cc(-c2ccc3c(c2)OCCO3)sc1C(=O)N1CCC(N2CCCCC2)CC1. The van der Waals surface area contributed by atoms with E-state index in [0.717, 1.165) is 58.3 Å². The van der Waals surface area contributed by atoms with Crippen LogP contribution in [0, 0.1) is 6.92 Å².